The summed E-state index contributed by atoms with van der Waals surface area (Å²) in [5.41, 5.74) is 9.41. The molecule has 3 rings (SSSR count). The van der Waals surface area contributed by atoms with E-state index < -0.39 is 0 Å². The largest absolute Gasteiger partial charge is 0.494 e. The quantitative estimate of drug-likeness (QED) is 0.848. The number of ether oxygens (including phenoxy) is 1. The second kappa shape index (κ2) is 5.48. The van der Waals surface area contributed by atoms with Gasteiger partial charge in [0.05, 0.1) is 18.4 Å². The molecule has 0 aliphatic heterocycles. The number of nitrogen functional groups attached to an aromatic ring is 1. The van der Waals surface area contributed by atoms with Gasteiger partial charge in [-0.25, -0.2) is 0 Å². The Morgan fingerprint density at radius 1 is 1.14 bits per heavy atom. The summed E-state index contributed by atoms with van der Waals surface area (Å²) in [6.45, 7) is 0. The molecule has 0 unspecified atom stereocenters. The summed E-state index contributed by atoms with van der Waals surface area (Å²) < 4.78 is 5.24. The van der Waals surface area contributed by atoms with Crippen molar-refractivity contribution in [3.05, 3.63) is 59.2 Å². The lowest BCUT2D eigenvalue weighted by molar-refractivity contribution is 0.0935. The standard InChI is InChI=1S/C17H18N2O2/c1-21-16-14(7-4-8-15(16)18)17(20)19-13-9-11-5-2-3-6-12(11)10-13/h2-8,13H,9-10,18H2,1H3,(H,19,20). The third kappa shape index (κ3) is 2.57. The molecular weight excluding hydrogens is 264 g/mol. The van der Waals surface area contributed by atoms with Crippen molar-refractivity contribution in [3.8, 4) is 5.75 Å². The van der Waals surface area contributed by atoms with Crippen LogP contribution in [0.1, 0.15) is 21.5 Å². The first-order valence-corrected chi connectivity index (χ1v) is 6.99. The number of nitrogens with one attached hydrogen (secondary N) is 1. The van der Waals surface area contributed by atoms with E-state index in [1.807, 2.05) is 12.1 Å². The third-order valence-electron chi connectivity index (χ3n) is 3.88. The lowest BCUT2D eigenvalue weighted by atomic mass is 10.1. The highest BCUT2D eigenvalue weighted by molar-refractivity contribution is 5.98. The number of amides is 1. The molecule has 108 valence electrons. The molecule has 2 aromatic rings. The average Bonchev–Trinajstić information content (AvgIpc) is 2.89. The second-order valence-corrected chi connectivity index (χ2v) is 5.28. The minimum Gasteiger partial charge on any atom is -0.494 e. The van der Waals surface area contributed by atoms with Crippen LogP contribution >= 0.6 is 0 Å². The van der Waals surface area contributed by atoms with Crippen LogP contribution < -0.4 is 15.8 Å². The van der Waals surface area contributed by atoms with E-state index in [9.17, 15) is 4.79 Å². The maximum Gasteiger partial charge on any atom is 0.255 e. The molecule has 0 spiro atoms. The van der Waals surface area contributed by atoms with Crippen LogP contribution in [0.4, 0.5) is 5.69 Å². The lowest BCUT2D eigenvalue weighted by Gasteiger charge is -2.15. The summed E-state index contributed by atoms with van der Waals surface area (Å²) in [5.74, 6) is 0.294. The fourth-order valence-corrected chi connectivity index (χ4v) is 2.89. The van der Waals surface area contributed by atoms with Gasteiger partial charge in [-0.2, -0.15) is 0 Å². The van der Waals surface area contributed by atoms with Crippen LogP contribution in [0.25, 0.3) is 0 Å². The molecule has 0 bridgehead atoms. The Bertz CT molecular complexity index is 657. The average molecular weight is 282 g/mol. The Labute approximate surface area is 123 Å². The van der Waals surface area contributed by atoms with Gasteiger partial charge in [0.2, 0.25) is 0 Å². The topological polar surface area (TPSA) is 64.3 Å². The molecule has 3 N–H and O–H groups in total. The van der Waals surface area contributed by atoms with Gasteiger partial charge in [0, 0.05) is 6.04 Å². The van der Waals surface area contributed by atoms with E-state index in [2.05, 4.69) is 17.4 Å². The molecule has 2 aromatic carbocycles. The highest BCUT2D eigenvalue weighted by Crippen LogP contribution is 2.27. The Morgan fingerprint density at radius 2 is 1.81 bits per heavy atom. The maximum atomic E-state index is 12.4. The normalized spacial score (nSPS) is 13.8. The zero-order valence-electron chi connectivity index (χ0n) is 11.9. The molecule has 0 radical (unpaired) electrons. The van der Waals surface area contributed by atoms with Crippen molar-refractivity contribution in [3.63, 3.8) is 0 Å². The zero-order chi connectivity index (χ0) is 14.8. The number of nitrogens with two attached hydrogens (primary N) is 1. The summed E-state index contributed by atoms with van der Waals surface area (Å²) in [4.78, 5) is 12.4. The van der Waals surface area contributed by atoms with E-state index in [1.165, 1.54) is 18.2 Å². The van der Waals surface area contributed by atoms with Crippen LogP contribution in [0.15, 0.2) is 42.5 Å². The van der Waals surface area contributed by atoms with E-state index in [0.717, 1.165) is 12.8 Å². The number of para-hydroxylation sites is 1. The van der Waals surface area contributed by atoms with Crippen LogP contribution in [0.3, 0.4) is 0 Å². The fraction of sp³-hybridized carbons (Fsp3) is 0.235. The van der Waals surface area contributed by atoms with Crippen molar-refractivity contribution in [1.29, 1.82) is 0 Å². The van der Waals surface area contributed by atoms with Crippen molar-refractivity contribution in [1.82, 2.24) is 5.32 Å². The molecule has 0 saturated heterocycles. The van der Waals surface area contributed by atoms with Gasteiger partial charge in [-0.1, -0.05) is 30.3 Å². The summed E-state index contributed by atoms with van der Waals surface area (Å²) in [6, 6.07) is 13.6. The lowest BCUT2D eigenvalue weighted by Crippen LogP contribution is -2.35. The molecule has 0 fully saturated rings. The van der Waals surface area contributed by atoms with Gasteiger partial charge in [-0.15, -0.1) is 0 Å². The predicted octanol–water partition coefficient (Wildman–Crippen LogP) is 2.17. The molecule has 1 amide bonds. The SMILES string of the molecule is COc1c(N)cccc1C(=O)NC1Cc2ccccc2C1. The minimum atomic E-state index is -0.142. The minimum absolute atomic E-state index is 0.126. The van der Waals surface area contributed by atoms with Crippen molar-refractivity contribution >= 4 is 11.6 Å². The fourth-order valence-electron chi connectivity index (χ4n) is 2.89. The number of methoxy groups -OCH3 is 1. The molecule has 4 nitrogen and oxygen atoms in total. The molecule has 0 heterocycles. The van der Waals surface area contributed by atoms with Crippen LogP contribution in [-0.2, 0) is 12.8 Å². The van der Waals surface area contributed by atoms with E-state index in [1.54, 1.807) is 18.2 Å². The Hall–Kier alpha value is -2.49. The van der Waals surface area contributed by atoms with Crippen LogP contribution in [0.5, 0.6) is 5.75 Å². The number of carbonyl (C=O) groups excluding carboxylic acids is 1. The first-order chi connectivity index (χ1) is 10.2. The molecule has 0 aromatic heterocycles. The number of hydrogen-bond acceptors (Lipinski definition) is 3. The summed E-state index contributed by atoms with van der Waals surface area (Å²) in [5, 5.41) is 3.07. The van der Waals surface area contributed by atoms with Gasteiger partial charge in [0.15, 0.2) is 5.75 Å². The molecule has 21 heavy (non-hydrogen) atoms. The second-order valence-electron chi connectivity index (χ2n) is 5.28. The van der Waals surface area contributed by atoms with Crippen LogP contribution in [0.2, 0.25) is 0 Å². The molecular formula is C17H18N2O2. The van der Waals surface area contributed by atoms with E-state index in [4.69, 9.17) is 10.5 Å². The van der Waals surface area contributed by atoms with Crippen molar-refractivity contribution in [2.24, 2.45) is 0 Å². The summed E-state index contributed by atoms with van der Waals surface area (Å²) in [6.07, 6.45) is 1.74. The number of fused-ring (bicyclic) bond motifs is 1. The Morgan fingerprint density at radius 3 is 2.43 bits per heavy atom. The van der Waals surface area contributed by atoms with E-state index >= 15 is 0 Å². The first kappa shape index (κ1) is 13.5. The maximum absolute atomic E-state index is 12.4. The predicted molar refractivity (Wildman–Crippen MR) is 82.5 cm³/mol. The third-order valence-corrected chi connectivity index (χ3v) is 3.88. The number of rotatable bonds is 3. The Balaban J connectivity index is 1.75. The summed E-state index contributed by atoms with van der Waals surface area (Å²) in [7, 11) is 1.52. The highest BCUT2D eigenvalue weighted by Gasteiger charge is 2.24. The summed E-state index contributed by atoms with van der Waals surface area (Å²) >= 11 is 0. The Kier molecular flexibility index (Phi) is 3.52. The number of hydrogen-bond donors (Lipinski definition) is 2. The molecule has 0 atom stereocenters. The van der Waals surface area contributed by atoms with Gasteiger partial charge in [-0.3, -0.25) is 4.79 Å². The number of anilines is 1. The highest BCUT2D eigenvalue weighted by atomic mass is 16.5. The van der Waals surface area contributed by atoms with Gasteiger partial charge in [-0.05, 0) is 36.1 Å². The zero-order valence-corrected chi connectivity index (χ0v) is 11.9. The number of carbonyl (C=O) groups is 1. The van der Waals surface area contributed by atoms with Crippen molar-refractivity contribution in [2.45, 2.75) is 18.9 Å². The molecule has 1 aliphatic rings. The van der Waals surface area contributed by atoms with Crippen LogP contribution in [-0.4, -0.2) is 19.1 Å². The van der Waals surface area contributed by atoms with Gasteiger partial charge >= 0.3 is 0 Å². The van der Waals surface area contributed by atoms with Crippen LogP contribution in [0, 0.1) is 0 Å². The smallest absolute Gasteiger partial charge is 0.255 e. The van der Waals surface area contributed by atoms with Crippen molar-refractivity contribution in [2.75, 3.05) is 12.8 Å². The van der Waals surface area contributed by atoms with Gasteiger partial charge in [0.25, 0.3) is 5.91 Å². The van der Waals surface area contributed by atoms with Gasteiger partial charge < -0.3 is 15.8 Å². The van der Waals surface area contributed by atoms with Gasteiger partial charge in [0.1, 0.15) is 0 Å². The molecule has 0 saturated carbocycles. The number of benzene rings is 2. The molecule has 1 aliphatic carbocycles. The monoisotopic (exact) mass is 282 g/mol. The molecule has 4 heteroatoms. The van der Waals surface area contributed by atoms with E-state index in [0.29, 0.717) is 17.0 Å². The first-order valence-electron chi connectivity index (χ1n) is 6.99. The van der Waals surface area contributed by atoms with E-state index in [-0.39, 0.29) is 11.9 Å². The van der Waals surface area contributed by atoms with Crippen molar-refractivity contribution < 1.29 is 9.53 Å².